The van der Waals surface area contributed by atoms with E-state index in [1.807, 2.05) is 50.5 Å². The van der Waals surface area contributed by atoms with Crippen LogP contribution in [0.25, 0.3) is 10.2 Å². The summed E-state index contributed by atoms with van der Waals surface area (Å²) >= 11 is 3.19. The molecule has 1 amide bonds. The van der Waals surface area contributed by atoms with E-state index in [1.165, 1.54) is 11.3 Å². The van der Waals surface area contributed by atoms with Crippen LogP contribution >= 0.6 is 35.5 Å². The van der Waals surface area contributed by atoms with E-state index in [0.29, 0.717) is 28.5 Å². The van der Waals surface area contributed by atoms with Crippen molar-refractivity contribution in [2.24, 2.45) is 0 Å². The Morgan fingerprint density at radius 3 is 2.26 bits per heavy atom. The van der Waals surface area contributed by atoms with Crippen LogP contribution in [0.1, 0.15) is 17.3 Å². The first kappa shape index (κ1) is 25.3. The number of likely N-dealkylation sites (N-methyl/N-ethyl adjacent to an activating group) is 1. The molecule has 9 heteroatoms. The molecule has 0 radical (unpaired) electrons. The number of halogens is 1. The predicted octanol–water partition coefficient (Wildman–Crippen LogP) is 5.06. The van der Waals surface area contributed by atoms with Crippen molar-refractivity contribution in [3.05, 3.63) is 42.0 Å². The minimum atomic E-state index is -0.0677. The molecule has 0 unspecified atom stereocenters. The molecule has 0 atom stereocenters. The van der Waals surface area contributed by atoms with Gasteiger partial charge in [0.15, 0.2) is 5.13 Å². The Morgan fingerprint density at radius 1 is 1.03 bits per heavy atom. The summed E-state index contributed by atoms with van der Waals surface area (Å²) in [6.07, 6.45) is 0. The maximum Gasteiger partial charge on any atom is 0.260 e. The smallest absolute Gasteiger partial charge is 0.260 e. The normalized spacial score (nSPS) is 10.8. The molecule has 1 aromatic heterocycles. The minimum Gasteiger partial charge on any atom is -0.495 e. The minimum absolute atomic E-state index is 0. The van der Waals surface area contributed by atoms with E-state index in [1.54, 1.807) is 30.9 Å². The van der Waals surface area contributed by atoms with Gasteiger partial charge in [-0.3, -0.25) is 9.69 Å². The number of fused-ring (bicyclic) bond motifs is 1. The van der Waals surface area contributed by atoms with E-state index in [9.17, 15) is 4.79 Å². The number of ether oxygens (including phenoxy) is 2. The number of nitrogens with zero attached hydrogens (tertiary/aromatic N) is 3. The number of carbonyl (C=O) groups is 1. The molecule has 0 bridgehead atoms. The highest BCUT2D eigenvalue weighted by Gasteiger charge is 2.23. The summed E-state index contributed by atoms with van der Waals surface area (Å²) in [4.78, 5) is 23.1. The highest BCUT2D eigenvalue weighted by Crippen LogP contribution is 2.40. The second kappa shape index (κ2) is 11.6. The zero-order valence-electron chi connectivity index (χ0n) is 18.4. The van der Waals surface area contributed by atoms with Crippen molar-refractivity contribution in [3.63, 3.8) is 0 Å². The van der Waals surface area contributed by atoms with Crippen LogP contribution in [0.4, 0.5) is 5.13 Å². The van der Waals surface area contributed by atoms with E-state index in [-0.39, 0.29) is 18.3 Å². The third-order valence-electron chi connectivity index (χ3n) is 4.56. The Bertz CT molecular complexity index is 968. The summed E-state index contributed by atoms with van der Waals surface area (Å²) in [6.45, 7) is 3.36. The number of thioether (sulfide) groups is 1. The molecule has 1 heterocycles. The molecule has 3 aromatic rings. The van der Waals surface area contributed by atoms with Gasteiger partial charge in [-0.25, -0.2) is 4.98 Å². The molecule has 168 valence electrons. The predicted molar refractivity (Wildman–Crippen MR) is 133 cm³/mol. The maximum absolute atomic E-state index is 13.4. The number of benzene rings is 2. The van der Waals surface area contributed by atoms with Gasteiger partial charge in [0.2, 0.25) is 0 Å². The second-order valence-electron chi connectivity index (χ2n) is 6.86. The van der Waals surface area contributed by atoms with Crippen molar-refractivity contribution in [2.75, 3.05) is 52.1 Å². The van der Waals surface area contributed by atoms with E-state index in [0.717, 1.165) is 27.6 Å². The van der Waals surface area contributed by atoms with Crippen molar-refractivity contribution < 1.29 is 14.3 Å². The van der Waals surface area contributed by atoms with Crippen LogP contribution < -0.4 is 14.4 Å². The van der Waals surface area contributed by atoms with Gasteiger partial charge in [-0.05, 0) is 56.2 Å². The Labute approximate surface area is 197 Å². The molecule has 0 aliphatic rings. The third-order valence-corrected chi connectivity index (χ3v) is 6.55. The van der Waals surface area contributed by atoms with E-state index in [4.69, 9.17) is 14.5 Å². The fraction of sp³-hybridized carbons (Fsp3) is 0.364. The van der Waals surface area contributed by atoms with Crippen molar-refractivity contribution in [1.29, 1.82) is 0 Å². The quantitative estimate of drug-likeness (QED) is 0.398. The number of aromatic nitrogens is 1. The molecular formula is C22H28ClN3O3S2. The summed E-state index contributed by atoms with van der Waals surface area (Å²) < 4.78 is 11.8. The number of hydrogen-bond donors (Lipinski definition) is 0. The molecule has 0 saturated heterocycles. The fourth-order valence-corrected chi connectivity index (χ4v) is 4.75. The summed E-state index contributed by atoms with van der Waals surface area (Å²) in [5.74, 6) is 2.31. The molecule has 0 saturated carbocycles. The van der Waals surface area contributed by atoms with Gasteiger partial charge in [0.1, 0.15) is 21.7 Å². The summed E-state index contributed by atoms with van der Waals surface area (Å²) in [5.41, 5.74) is 1.35. The van der Waals surface area contributed by atoms with E-state index in [2.05, 4.69) is 11.8 Å². The largest absolute Gasteiger partial charge is 0.495 e. The Hall–Kier alpha value is -2.00. The molecule has 3 rings (SSSR count). The molecule has 31 heavy (non-hydrogen) atoms. The SMILES string of the molecule is CCSc1ccc(C(=O)N(CCN(C)C)c2nc3c(OC)ccc(OC)c3s2)cc1.Cl. The maximum atomic E-state index is 13.4. The van der Waals surface area contributed by atoms with E-state index >= 15 is 0 Å². The first-order chi connectivity index (χ1) is 14.5. The van der Waals surface area contributed by atoms with Crippen LogP contribution in [0.2, 0.25) is 0 Å². The van der Waals surface area contributed by atoms with Crippen molar-refractivity contribution in [1.82, 2.24) is 9.88 Å². The van der Waals surface area contributed by atoms with Crippen LogP contribution in [0.15, 0.2) is 41.3 Å². The molecule has 6 nitrogen and oxygen atoms in total. The zero-order chi connectivity index (χ0) is 21.7. The van der Waals surface area contributed by atoms with Gasteiger partial charge >= 0.3 is 0 Å². The first-order valence-electron chi connectivity index (χ1n) is 9.69. The number of rotatable bonds is 9. The van der Waals surface area contributed by atoms with Gasteiger partial charge in [-0.1, -0.05) is 18.3 Å². The average molecular weight is 482 g/mol. The van der Waals surface area contributed by atoms with Crippen LogP contribution in [-0.2, 0) is 0 Å². The monoisotopic (exact) mass is 481 g/mol. The van der Waals surface area contributed by atoms with E-state index < -0.39 is 0 Å². The molecular weight excluding hydrogens is 454 g/mol. The number of methoxy groups -OCH3 is 2. The summed E-state index contributed by atoms with van der Waals surface area (Å²) in [5, 5.41) is 0.631. The molecule has 0 aliphatic carbocycles. The van der Waals surface area contributed by atoms with Gasteiger partial charge in [-0.15, -0.1) is 24.2 Å². The lowest BCUT2D eigenvalue weighted by molar-refractivity contribution is 0.0985. The molecule has 0 aliphatic heterocycles. The lowest BCUT2D eigenvalue weighted by atomic mass is 10.2. The molecule has 0 fully saturated rings. The highest BCUT2D eigenvalue weighted by molar-refractivity contribution is 7.99. The van der Waals surface area contributed by atoms with Gasteiger partial charge in [-0.2, -0.15) is 0 Å². The number of thiazole rings is 1. The Kier molecular flexibility index (Phi) is 9.43. The van der Waals surface area contributed by atoms with Crippen LogP contribution in [0, 0.1) is 0 Å². The number of carbonyl (C=O) groups excluding carboxylic acids is 1. The van der Waals surface area contributed by atoms with Crippen LogP contribution in [0.5, 0.6) is 11.5 Å². The molecule has 0 spiro atoms. The Morgan fingerprint density at radius 2 is 1.68 bits per heavy atom. The second-order valence-corrected chi connectivity index (χ2v) is 9.18. The summed E-state index contributed by atoms with van der Waals surface area (Å²) in [6, 6.07) is 11.5. The fourth-order valence-electron chi connectivity index (χ4n) is 2.99. The van der Waals surface area contributed by atoms with Gasteiger partial charge in [0.25, 0.3) is 5.91 Å². The summed E-state index contributed by atoms with van der Waals surface area (Å²) in [7, 11) is 7.23. The number of amides is 1. The standard InChI is InChI=1S/C22H27N3O3S2.ClH/c1-6-29-16-9-7-15(8-10-16)21(26)25(14-13-24(2)3)22-23-19-17(27-4)11-12-18(28-5)20(19)30-22;/h7-12H,6,13-14H2,1-5H3;1H. The first-order valence-corrected chi connectivity index (χ1v) is 11.5. The average Bonchev–Trinajstić information content (AvgIpc) is 3.18. The zero-order valence-corrected chi connectivity index (χ0v) is 20.8. The van der Waals surface area contributed by atoms with Gasteiger partial charge < -0.3 is 14.4 Å². The van der Waals surface area contributed by atoms with Crippen molar-refractivity contribution in [3.8, 4) is 11.5 Å². The van der Waals surface area contributed by atoms with Crippen LogP contribution in [-0.4, -0.2) is 62.9 Å². The van der Waals surface area contributed by atoms with Crippen molar-refractivity contribution in [2.45, 2.75) is 11.8 Å². The third kappa shape index (κ3) is 5.83. The lowest BCUT2D eigenvalue weighted by Gasteiger charge is -2.22. The molecule has 2 aromatic carbocycles. The highest BCUT2D eigenvalue weighted by atomic mass is 35.5. The van der Waals surface area contributed by atoms with Gasteiger partial charge in [0.05, 0.1) is 14.2 Å². The van der Waals surface area contributed by atoms with Crippen molar-refractivity contribution >= 4 is 56.8 Å². The molecule has 0 N–H and O–H groups in total. The van der Waals surface area contributed by atoms with Gasteiger partial charge in [0, 0.05) is 23.5 Å². The number of hydrogen-bond acceptors (Lipinski definition) is 7. The lowest BCUT2D eigenvalue weighted by Crippen LogP contribution is -2.36. The number of anilines is 1. The van der Waals surface area contributed by atoms with Crippen LogP contribution in [0.3, 0.4) is 0 Å². The topological polar surface area (TPSA) is 54.9 Å². The Balaban J connectivity index is 0.00000341.